The molecule has 1 aliphatic rings. The van der Waals surface area contributed by atoms with Crippen LogP contribution in [-0.4, -0.2) is 61.6 Å². The standard InChI is InChI=1S/C16H32N2O2/c1-5-7-15(8-6-2)16(19)17(4)13-14(3)18-9-11-20-12-10-18/h14-15H,5-13H2,1-4H3. The van der Waals surface area contributed by atoms with Crippen molar-refractivity contribution in [2.24, 2.45) is 5.92 Å². The quantitative estimate of drug-likeness (QED) is 0.686. The zero-order valence-electron chi connectivity index (χ0n) is 13.7. The van der Waals surface area contributed by atoms with E-state index in [1.54, 1.807) is 0 Å². The number of morpholine rings is 1. The number of carbonyl (C=O) groups is 1. The Morgan fingerprint density at radius 2 is 1.75 bits per heavy atom. The highest BCUT2D eigenvalue weighted by molar-refractivity contribution is 5.78. The third kappa shape index (κ3) is 5.41. The van der Waals surface area contributed by atoms with Gasteiger partial charge in [-0.2, -0.15) is 0 Å². The Morgan fingerprint density at radius 3 is 2.25 bits per heavy atom. The molecule has 0 aliphatic carbocycles. The molecule has 1 heterocycles. The van der Waals surface area contributed by atoms with E-state index in [0.717, 1.165) is 58.5 Å². The van der Waals surface area contributed by atoms with Gasteiger partial charge < -0.3 is 9.64 Å². The molecule has 1 atom stereocenters. The lowest BCUT2D eigenvalue weighted by atomic mass is 9.96. The van der Waals surface area contributed by atoms with E-state index in [0.29, 0.717) is 11.9 Å². The van der Waals surface area contributed by atoms with Crippen LogP contribution < -0.4 is 0 Å². The van der Waals surface area contributed by atoms with E-state index in [4.69, 9.17) is 4.74 Å². The van der Waals surface area contributed by atoms with E-state index in [9.17, 15) is 4.79 Å². The molecule has 1 saturated heterocycles. The molecule has 20 heavy (non-hydrogen) atoms. The number of carbonyl (C=O) groups excluding carboxylic acids is 1. The second kappa shape index (κ2) is 9.35. The molecule has 1 unspecified atom stereocenters. The summed E-state index contributed by atoms with van der Waals surface area (Å²) in [5, 5.41) is 0. The number of ether oxygens (including phenoxy) is 1. The fourth-order valence-corrected chi connectivity index (χ4v) is 3.02. The second-order valence-corrected chi connectivity index (χ2v) is 5.99. The van der Waals surface area contributed by atoms with Gasteiger partial charge in [-0.3, -0.25) is 9.69 Å². The molecule has 0 aromatic carbocycles. The maximum absolute atomic E-state index is 12.5. The van der Waals surface area contributed by atoms with Crippen molar-refractivity contribution in [1.82, 2.24) is 9.80 Å². The van der Waals surface area contributed by atoms with Gasteiger partial charge in [-0.1, -0.05) is 26.7 Å². The second-order valence-electron chi connectivity index (χ2n) is 5.99. The predicted octanol–water partition coefficient (Wildman–Crippen LogP) is 2.38. The maximum atomic E-state index is 12.5. The highest BCUT2D eigenvalue weighted by atomic mass is 16.5. The van der Waals surface area contributed by atoms with Crippen LogP contribution in [-0.2, 0) is 9.53 Å². The summed E-state index contributed by atoms with van der Waals surface area (Å²) in [5.41, 5.74) is 0. The summed E-state index contributed by atoms with van der Waals surface area (Å²) in [6, 6.07) is 0.414. The predicted molar refractivity (Wildman–Crippen MR) is 82.8 cm³/mol. The van der Waals surface area contributed by atoms with Crippen LogP contribution >= 0.6 is 0 Å². The number of likely N-dealkylation sites (N-methyl/N-ethyl adjacent to an activating group) is 1. The highest BCUT2D eigenvalue weighted by Gasteiger charge is 2.24. The minimum absolute atomic E-state index is 0.215. The zero-order valence-corrected chi connectivity index (χ0v) is 13.7. The van der Waals surface area contributed by atoms with Gasteiger partial charge in [0, 0.05) is 38.6 Å². The minimum Gasteiger partial charge on any atom is -0.379 e. The van der Waals surface area contributed by atoms with Gasteiger partial charge in [0.05, 0.1) is 13.2 Å². The van der Waals surface area contributed by atoms with E-state index < -0.39 is 0 Å². The molecule has 0 aromatic rings. The number of hydrogen-bond donors (Lipinski definition) is 0. The Balaban J connectivity index is 2.45. The number of rotatable bonds is 8. The normalized spacial score (nSPS) is 18.2. The molecule has 0 spiro atoms. The van der Waals surface area contributed by atoms with Crippen LogP contribution in [0.1, 0.15) is 46.5 Å². The van der Waals surface area contributed by atoms with Crippen molar-refractivity contribution in [3.05, 3.63) is 0 Å². The lowest BCUT2D eigenvalue weighted by molar-refractivity contribution is -0.135. The van der Waals surface area contributed by atoms with Gasteiger partial charge in [0.25, 0.3) is 0 Å². The molecular weight excluding hydrogens is 252 g/mol. The lowest BCUT2D eigenvalue weighted by Crippen LogP contribution is -2.48. The van der Waals surface area contributed by atoms with Gasteiger partial charge in [-0.15, -0.1) is 0 Å². The average molecular weight is 284 g/mol. The van der Waals surface area contributed by atoms with Crippen molar-refractivity contribution in [3.8, 4) is 0 Å². The molecule has 0 saturated carbocycles. The SMILES string of the molecule is CCCC(CCC)C(=O)N(C)CC(C)N1CCOCC1. The van der Waals surface area contributed by atoms with E-state index in [1.165, 1.54) is 0 Å². The van der Waals surface area contributed by atoms with Gasteiger partial charge in [0.2, 0.25) is 5.91 Å². The Labute approximate surface area is 124 Å². The molecule has 0 radical (unpaired) electrons. The summed E-state index contributed by atoms with van der Waals surface area (Å²) in [6.07, 6.45) is 4.21. The van der Waals surface area contributed by atoms with Crippen molar-refractivity contribution < 1.29 is 9.53 Å². The molecule has 0 N–H and O–H groups in total. The Hall–Kier alpha value is -0.610. The van der Waals surface area contributed by atoms with E-state index in [1.807, 2.05) is 11.9 Å². The van der Waals surface area contributed by atoms with Gasteiger partial charge in [0.1, 0.15) is 0 Å². The minimum atomic E-state index is 0.215. The molecule has 1 rings (SSSR count). The first-order valence-electron chi connectivity index (χ1n) is 8.16. The number of nitrogens with zero attached hydrogens (tertiary/aromatic N) is 2. The molecule has 1 amide bonds. The topological polar surface area (TPSA) is 32.8 Å². The van der Waals surface area contributed by atoms with Crippen molar-refractivity contribution >= 4 is 5.91 Å². The molecule has 0 aromatic heterocycles. The smallest absolute Gasteiger partial charge is 0.225 e. The van der Waals surface area contributed by atoms with Crippen molar-refractivity contribution in [2.75, 3.05) is 39.9 Å². The molecule has 118 valence electrons. The van der Waals surface area contributed by atoms with Crippen molar-refractivity contribution in [1.29, 1.82) is 0 Å². The van der Waals surface area contributed by atoms with Crippen LogP contribution in [0.25, 0.3) is 0 Å². The van der Waals surface area contributed by atoms with Gasteiger partial charge >= 0.3 is 0 Å². The zero-order chi connectivity index (χ0) is 15.0. The Kier molecular flexibility index (Phi) is 8.15. The van der Waals surface area contributed by atoms with Crippen molar-refractivity contribution in [2.45, 2.75) is 52.5 Å². The van der Waals surface area contributed by atoms with Gasteiger partial charge in [-0.05, 0) is 19.8 Å². The molecular formula is C16H32N2O2. The van der Waals surface area contributed by atoms with E-state index in [-0.39, 0.29) is 5.92 Å². The number of amides is 1. The first-order valence-corrected chi connectivity index (χ1v) is 8.16. The van der Waals surface area contributed by atoms with Crippen LogP contribution in [0, 0.1) is 5.92 Å². The van der Waals surface area contributed by atoms with E-state index >= 15 is 0 Å². The third-order valence-corrected chi connectivity index (χ3v) is 4.21. The lowest BCUT2D eigenvalue weighted by Gasteiger charge is -2.35. The molecule has 0 bridgehead atoms. The summed E-state index contributed by atoms with van der Waals surface area (Å²) < 4.78 is 5.38. The monoisotopic (exact) mass is 284 g/mol. The fraction of sp³-hybridized carbons (Fsp3) is 0.938. The summed E-state index contributed by atoms with van der Waals surface area (Å²) in [4.78, 5) is 16.9. The van der Waals surface area contributed by atoms with Crippen LogP contribution in [0.2, 0.25) is 0 Å². The average Bonchev–Trinajstić information content (AvgIpc) is 2.47. The van der Waals surface area contributed by atoms with Gasteiger partial charge in [0.15, 0.2) is 0 Å². The largest absolute Gasteiger partial charge is 0.379 e. The number of hydrogen-bond acceptors (Lipinski definition) is 3. The van der Waals surface area contributed by atoms with Crippen LogP contribution in [0.4, 0.5) is 0 Å². The van der Waals surface area contributed by atoms with Crippen molar-refractivity contribution in [3.63, 3.8) is 0 Å². The molecule has 1 aliphatic heterocycles. The first-order chi connectivity index (χ1) is 9.60. The van der Waals surface area contributed by atoms with Crippen LogP contribution in [0.3, 0.4) is 0 Å². The highest BCUT2D eigenvalue weighted by Crippen LogP contribution is 2.17. The molecule has 1 fully saturated rings. The third-order valence-electron chi connectivity index (χ3n) is 4.21. The van der Waals surface area contributed by atoms with Gasteiger partial charge in [-0.25, -0.2) is 0 Å². The Bertz CT molecular complexity index is 272. The van der Waals surface area contributed by atoms with Crippen LogP contribution in [0.5, 0.6) is 0 Å². The first kappa shape index (κ1) is 17.4. The van der Waals surface area contributed by atoms with E-state index in [2.05, 4.69) is 25.7 Å². The fourth-order valence-electron chi connectivity index (χ4n) is 3.02. The van der Waals surface area contributed by atoms with Crippen LogP contribution in [0.15, 0.2) is 0 Å². The summed E-state index contributed by atoms with van der Waals surface area (Å²) >= 11 is 0. The summed E-state index contributed by atoms with van der Waals surface area (Å²) in [5.74, 6) is 0.542. The summed E-state index contributed by atoms with van der Waals surface area (Å²) in [7, 11) is 1.96. The summed E-state index contributed by atoms with van der Waals surface area (Å²) in [6.45, 7) is 10.9. The Morgan fingerprint density at radius 1 is 1.20 bits per heavy atom. The molecule has 4 nitrogen and oxygen atoms in total. The maximum Gasteiger partial charge on any atom is 0.225 e. The molecule has 4 heteroatoms.